The molecule has 0 radical (unpaired) electrons. The van der Waals surface area contributed by atoms with Gasteiger partial charge in [-0.1, -0.05) is 52.3 Å². The van der Waals surface area contributed by atoms with Crippen LogP contribution in [0.5, 0.6) is 5.75 Å². The third-order valence-electron chi connectivity index (χ3n) is 4.30. The number of benzene rings is 3. The van der Waals surface area contributed by atoms with Crippen molar-refractivity contribution in [3.63, 3.8) is 0 Å². The van der Waals surface area contributed by atoms with E-state index in [1.165, 1.54) is 11.1 Å². The van der Waals surface area contributed by atoms with E-state index in [1.807, 2.05) is 24.3 Å². The zero-order valence-electron chi connectivity index (χ0n) is 14.9. The first-order valence-corrected chi connectivity index (χ1v) is 10.1. The molecule has 0 saturated heterocycles. The summed E-state index contributed by atoms with van der Waals surface area (Å²) in [4.78, 5) is 0. The highest BCUT2D eigenvalue weighted by molar-refractivity contribution is 9.11. The molecule has 0 fully saturated rings. The molecule has 0 heterocycles. The molecular formula is C22H21Br2NO. The summed E-state index contributed by atoms with van der Waals surface area (Å²) in [6.07, 6.45) is 0. The molecule has 0 aliphatic rings. The average Bonchev–Trinajstić information content (AvgIpc) is 2.62. The van der Waals surface area contributed by atoms with Gasteiger partial charge in [0.05, 0.1) is 4.47 Å². The molecule has 0 amide bonds. The number of nitrogens with one attached hydrogen (secondary N) is 1. The molecule has 0 aliphatic heterocycles. The fourth-order valence-electron chi connectivity index (χ4n) is 2.69. The Morgan fingerprint density at radius 1 is 0.885 bits per heavy atom. The van der Waals surface area contributed by atoms with Crippen molar-refractivity contribution < 1.29 is 4.74 Å². The third kappa shape index (κ3) is 4.89. The second kappa shape index (κ2) is 8.74. The molecule has 0 bridgehead atoms. The number of ether oxygens (including phenoxy) is 1. The van der Waals surface area contributed by atoms with Gasteiger partial charge in [-0.2, -0.15) is 0 Å². The van der Waals surface area contributed by atoms with Crippen molar-refractivity contribution in [1.29, 1.82) is 0 Å². The fourth-order valence-corrected chi connectivity index (χ4v) is 4.11. The molecule has 26 heavy (non-hydrogen) atoms. The Balaban J connectivity index is 1.77. The van der Waals surface area contributed by atoms with E-state index in [0.717, 1.165) is 31.5 Å². The van der Waals surface area contributed by atoms with Crippen LogP contribution in [0.4, 0.5) is 5.69 Å². The van der Waals surface area contributed by atoms with Gasteiger partial charge in [-0.15, -0.1) is 0 Å². The number of aryl methyl sites for hydroxylation is 2. The highest BCUT2D eigenvalue weighted by atomic mass is 79.9. The zero-order chi connectivity index (χ0) is 18.5. The van der Waals surface area contributed by atoms with Gasteiger partial charge >= 0.3 is 0 Å². The highest BCUT2D eigenvalue weighted by Crippen LogP contribution is 2.34. The molecular weight excluding hydrogens is 454 g/mol. The van der Waals surface area contributed by atoms with Crippen LogP contribution in [0.2, 0.25) is 0 Å². The Bertz CT molecular complexity index is 894. The van der Waals surface area contributed by atoms with E-state index in [1.54, 1.807) is 0 Å². The third-order valence-corrected chi connectivity index (χ3v) is 5.35. The van der Waals surface area contributed by atoms with Gasteiger partial charge in [-0.3, -0.25) is 0 Å². The Morgan fingerprint density at radius 2 is 1.65 bits per heavy atom. The van der Waals surface area contributed by atoms with Gasteiger partial charge < -0.3 is 10.1 Å². The molecule has 0 aliphatic carbocycles. The van der Waals surface area contributed by atoms with Crippen LogP contribution in [0.3, 0.4) is 0 Å². The van der Waals surface area contributed by atoms with Crippen LogP contribution in [-0.4, -0.2) is 0 Å². The first-order chi connectivity index (χ1) is 12.5. The molecule has 2 nitrogen and oxygen atoms in total. The van der Waals surface area contributed by atoms with Crippen molar-refractivity contribution in [3.8, 4) is 5.75 Å². The van der Waals surface area contributed by atoms with E-state index in [2.05, 4.69) is 87.4 Å². The Morgan fingerprint density at radius 3 is 2.38 bits per heavy atom. The van der Waals surface area contributed by atoms with Crippen LogP contribution in [-0.2, 0) is 13.2 Å². The topological polar surface area (TPSA) is 21.3 Å². The SMILES string of the molecule is Cc1ccc(NCc2cc(Br)cc(Br)c2OCc2ccccc2)cc1C. The summed E-state index contributed by atoms with van der Waals surface area (Å²) in [6, 6.07) is 20.7. The maximum Gasteiger partial charge on any atom is 0.139 e. The minimum atomic E-state index is 0.539. The van der Waals surface area contributed by atoms with E-state index in [9.17, 15) is 0 Å². The quantitative estimate of drug-likeness (QED) is 0.414. The van der Waals surface area contributed by atoms with Gasteiger partial charge in [0, 0.05) is 22.3 Å². The van der Waals surface area contributed by atoms with Crippen molar-refractivity contribution in [1.82, 2.24) is 0 Å². The molecule has 134 valence electrons. The van der Waals surface area contributed by atoms with Crippen LogP contribution in [0.15, 0.2) is 69.6 Å². The van der Waals surface area contributed by atoms with Gasteiger partial charge in [0.15, 0.2) is 0 Å². The van der Waals surface area contributed by atoms with Gasteiger partial charge in [0.25, 0.3) is 0 Å². The number of anilines is 1. The summed E-state index contributed by atoms with van der Waals surface area (Å²) >= 11 is 7.21. The molecule has 4 heteroatoms. The lowest BCUT2D eigenvalue weighted by atomic mass is 10.1. The second-order valence-corrected chi connectivity index (χ2v) is 8.07. The maximum atomic E-state index is 6.13. The van der Waals surface area contributed by atoms with Crippen LogP contribution in [0, 0.1) is 13.8 Å². The van der Waals surface area contributed by atoms with Crippen molar-refractivity contribution in [2.75, 3.05) is 5.32 Å². The van der Waals surface area contributed by atoms with Gasteiger partial charge in [-0.05, 0) is 70.7 Å². The number of hydrogen-bond acceptors (Lipinski definition) is 2. The van der Waals surface area contributed by atoms with E-state index < -0.39 is 0 Å². The summed E-state index contributed by atoms with van der Waals surface area (Å²) < 4.78 is 8.10. The van der Waals surface area contributed by atoms with Crippen LogP contribution < -0.4 is 10.1 Å². The molecule has 0 spiro atoms. The summed E-state index contributed by atoms with van der Waals surface area (Å²) in [7, 11) is 0. The predicted octanol–water partition coefficient (Wildman–Crippen LogP) is 7.02. The summed E-state index contributed by atoms with van der Waals surface area (Å²) in [5.74, 6) is 0.869. The van der Waals surface area contributed by atoms with Crippen LogP contribution >= 0.6 is 31.9 Å². The van der Waals surface area contributed by atoms with Gasteiger partial charge in [0.1, 0.15) is 12.4 Å². The lowest BCUT2D eigenvalue weighted by Gasteiger charge is -2.16. The van der Waals surface area contributed by atoms with Crippen molar-refractivity contribution in [2.24, 2.45) is 0 Å². The largest absolute Gasteiger partial charge is 0.487 e. The zero-order valence-corrected chi connectivity index (χ0v) is 18.0. The Labute approximate surface area is 171 Å². The highest BCUT2D eigenvalue weighted by Gasteiger charge is 2.11. The molecule has 3 aromatic carbocycles. The van der Waals surface area contributed by atoms with Crippen molar-refractivity contribution >= 4 is 37.5 Å². The molecule has 0 aromatic heterocycles. The monoisotopic (exact) mass is 473 g/mol. The molecule has 0 unspecified atom stereocenters. The summed E-state index contributed by atoms with van der Waals surface area (Å²) in [5.41, 5.74) is 5.94. The minimum Gasteiger partial charge on any atom is -0.487 e. The Kier molecular flexibility index (Phi) is 6.38. The smallest absolute Gasteiger partial charge is 0.139 e. The molecule has 3 aromatic rings. The molecule has 1 N–H and O–H groups in total. The first kappa shape index (κ1) is 19.0. The van der Waals surface area contributed by atoms with E-state index in [4.69, 9.17) is 4.74 Å². The Hall–Kier alpha value is -1.78. The lowest BCUT2D eigenvalue weighted by Crippen LogP contribution is -2.05. The summed E-state index contributed by atoms with van der Waals surface area (Å²) in [5, 5.41) is 3.50. The standard InChI is InChI=1S/C22H21Br2NO/c1-15-8-9-20(10-16(15)2)25-13-18-11-19(23)12-21(24)22(18)26-14-17-6-4-3-5-7-17/h3-12,25H,13-14H2,1-2H3. The first-order valence-electron chi connectivity index (χ1n) is 8.48. The normalized spacial score (nSPS) is 10.6. The van der Waals surface area contributed by atoms with Crippen molar-refractivity contribution in [3.05, 3.63) is 91.9 Å². The molecule has 0 saturated carbocycles. The summed E-state index contributed by atoms with van der Waals surface area (Å²) in [6.45, 7) is 5.48. The van der Waals surface area contributed by atoms with Gasteiger partial charge in [-0.25, -0.2) is 0 Å². The predicted molar refractivity (Wildman–Crippen MR) is 116 cm³/mol. The minimum absolute atomic E-state index is 0.539. The second-order valence-electron chi connectivity index (χ2n) is 6.30. The van der Waals surface area contributed by atoms with Crippen molar-refractivity contribution in [2.45, 2.75) is 27.0 Å². The lowest BCUT2D eigenvalue weighted by molar-refractivity contribution is 0.301. The number of hydrogen-bond donors (Lipinski definition) is 1. The van der Waals surface area contributed by atoms with Crippen LogP contribution in [0.1, 0.15) is 22.3 Å². The van der Waals surface area contributed by atoms with Crippen LogP contribution in [0.25, 0.3) is 0 Å². The van der Waals surface area contributed by atoms with E-state index in [0.29, 0.717) is 13.2 Å². The average molecular weight is 475 g/mol. The molecule has 3 rings (SSSR count). The number of rotatable bonds is 6. The fraction of sp³-hybridized carbons (Fsp3) is 0.182. The molecule has 0 atom stereocenters. The number of halogens is 2. The van der Waals surface area contributed by atoms with Gasteiger partial charge in [0.2, 0.25) is 0 Å². The van der Waals surface area contributed by atoms with E-state index >= 15 is 0 Å². The maximum absolute atomic E-state index is 6.13. The van der Waals surface area contributed by atoms with E-state index in [-0.39, 0.29) is 0 Å².